The molecule has 2 amide bonds. The summed E-state index contributed by atoms with van der Waals surface area (Å²) in [4.78, 5) is 25.7. The summed E-state index contributed by atoms with van der Waals surface area (Å²) in [5.74, 6) is 0.480. The van der Waals surface area contributed by atoms with Gasteiger partial charge in [-0.05, 0) is 61.2 Å². The van der Waals surface area contributed by atoms with Crippen LogP contribution < -0.4 is 15.0 Å². The van der Waals surface area contributed by atoms with Gasteiger partial charge in [0.1, 0.15) is 12.3 Å². The lowest BCUT2D eigenvalue weighted by Gasteiger charge is -2.21. The van der Waals surface area contributed by atoms with Crippen LogP contribution in [0.1, 0.15) is 23.6 Å². The molecule has 0 aromatic heterocycles. The Morgan fingerprint density at radius 2 is 1.73 bits per heavy atom. The molecule has 5 heteroatoms. The zero-order chi connectivity index (χ0) is 19.1. The molecule has 0 fully saturated rings. The summed E-state index contributed by atoms with van der Waals surface area (Å²) in [5, 5.41) is 2.88. The average Bonchev–Trinajstić information content (AvgIpc) is 2.62. The smallest absolute Gasteiger partial charge is 0.240 e. The van der Waals surface area contributed by atoms with E-state index in [0.29, 0.717) is 6.54 Å². The number of aryl methyl sites for hydroxylation is 2. The molecular formula is C21H26N2O3. The van der Waals surface area contributed by atoms with Crippen molar-refractivity contribution < 1.29 is 14.3 Å². The highest BCUT2D eigenvalue weighted by Crippen LogP contribution is 2.19. The van der Waals surface area contributed by atoms with Gasteiger partial charge in [0, 0.05) is 19.2 Å². The Hall–Kier alpha value is -2.82. The third-order valence-corrected chi connectivity index (χ3v) is 4.38. The number of nitrogens with zero attached hydrogens (tertiary/aromatic N) is 1. The molecule has 0 heterocycles. The average molecular weight is 354 g/mol. The van der Waals surface area contributed by atoms with Gasteiger partial charge in [-0.25, -0.2) is 0 Å². The molecule has 0 bridgehead atoms. The van der Waals surface area contributed by atoms with Gasteiger partial charge in [-0.3, -0.25) is 9.59 Å². The van der Waals surface area contributed by atoms with Crippen LogP contribution in [0.3, 0.4) is 0 Å². The Balaban J connectivity index is 1.90. The molecule has 0 spiro atoms. The van der Waals surface area contributed by atoms with Crippen molar-refractivity contribution in [3.05, 3.63) is 59.2 Å². The van der Waals surface area contributed by atoms with E-state index in [0.717, 1.165) is 34.5 Å². The maximum atomic E-state index is 12.2. The van der Waals surface area contributed by atoms with Crippen LogP contribution in [-0.2, 0) is 16.0 Å². The van der Waals surface area contributed by atoms with Gasteiger partial charge in [0.05, 0.1) is 7.11 Å². The fourth-order valence-electron chi connectivity index (χ4n) is 2.62. The number of nitrogens with one attached hydrogen (secondary N) is 1. The highest BCUT2D eigenvalue weighted by Gasteiger charge is 2.16. The van der Waals surface area contributed by atoms with Crippen LogP contribution in [0.4, 0.5) is 5.69 Å². The quantitative estimate of drug-likeness (QED) is 0.831. The number of methoxy groups -OCH3 is 1. The molecule has 26 heavy (non-hydrogen) atoms. The van der Waals surface area contributed by atoms with Crippen molar-refractivity contribution in [2.75, 3.05) is 25.1 Å². The fraction of sp³-hybridized carbons (Fsp3) is 0.333. The summed E-state index contributed by atoms with van der Waals surface area (Å²) >= 11 is 0. The number of rotatable bonds is 7. The maximum Gasteiger partial charge on any atom is 0.240 e. The number of anilines is 1. The summed E-state index contributed by atoms with van der Waals surface area (Å²) in [7, 11) is 1.63. The second kappa shape index (κ2) is 9.04. The monoisotopic (exact) mass is 354 g/mol. The normalized spacial score (nSPS) is 10.3. The van der Waals surface area contributed by atoms with Gasteiger partial charge in [-0.1, -0.05) is 18.2 Å². The van der Waals surface area contributed by atoms with Crippen molar-refractivity contribution in [2.45, 2.75) is 27.2 Å². The van der Waals surface area contributed by atoms with Crippen LogP contribution in [0.2, 0.25) is 0 Å². The summed E-state index contributed by atoms with van der Waals surface area (Å²) in [6.45, 7) is 6.01. The third kappa shape index (κ3) is 5.34. The van der Waals surface area contributed by atoms with Crippen LogP contribution in [0.25, 0.3) is 0 Å². The molecule has 0 aliphatic heterocycles. The molecule has 0 aliphatic rings. The lowest BCUT2D eigenvalue weighted by molar-refractivity contribution is -0.123. The van der Waals surface area contributed by atoms with Gasteiger partial charge in [0.25, 0.3) is 0 Å². The Morgan fingerprint density at radius 3 is 2.31 bits per heavy atom. The van der Waals surface area contributed by atoms with Gasteiger partial charge in [-0.2, -0.15) is 0 Å². The van der Waals surface area contributed by atoms with Gasteiger partial charge < -0.3 is 15.0 Å². The molecular weight excluding hydrogens is 328 g/mol. The van der Waals surface area contributed by atoms with Crippen molar-refractivity contribution in [1.82, 2.24) is 5.32 Å². The van der Waals surface area contributed by atoms with E-state index in [9.17, 15) is 9.59 Å². The first kappa shape index (κ1) is 19.5. The zero-order valence-electron chi connectivity index (χ0n) is 15.8. The second-order valence-corrected chi connectivity index (χ2v) is 6.32. The number of carbonyl (C=O) groups excluding carboxylic acids is 2. The van der Waals surface area contributed by atoms with E-state index in [1.165, 1.54) is 11.8 Å². The molecule has 0 saturated heterocycles. The van der Waals surface area contributed by atoms with Crippen molar-refractivity contribution in [2.24, 2.45) is 0 Å². The summed E-state index contributed by atoms with van der Waals surface area (Å²) in [6.07, 6.45) is 0.722. The molecule has 138 valence electrons. The van der Waals surface area contributed by atoms with E-state index in [1.54, 1.807) is 7.11 Å². The first-order valence-electron chi connectivity index (χ1n) is 8.65. The first-order chi connectivity index (χ1) is 12.4. The first-order valence-corrected chi connectivity index (χ1v) is 8.65. The number of ether oxygens (including phenoxy) is 1. The SMILES string of the molecule is COc1ccc(CCNC(=O)CN(C(C)=O)c2ccc(C)c(C)c2)cc1. The van der Waals surface area contributed by atoms with E-state index in [1.807, 2.05) is 56.3 Å². The number of benzene rings is 2. The largest absolute Gasteiger partial charge is 0.497 e. The van der Waals surface area contributed by atoms with Crippen molar-refractivity contribution >= 4 is 17.5 Å². The number of hydrogen-bond donors (Lipinski definition) is 1. The fourth-order valence-corrected chi connectivity index (χ4v) is 2.62. The lowest BCUT2D eigenvalue weighted by atomic mass is 10.1. The number of carbonyl (C=O) groups is 2. The minimum Gasteiger partial charge on any atom is -0.497 e. The lowest BCUT2D eigenvalue weighted by Crippen LogP contribution is -2.40. The van der Waals surface area contributed by atoms with Gasteiger partial charge >= 0.3 is 0 Å². The zero-order valence-corrected chi connectivity index (χ0v) is 15.8. The molecule has 0 radical (unpaired) electrons. The maximum absolute atomic E-state index is 12.2. The molecule has 0 saturated carbocycles. The predicted octanol–water partition coefficient (Wildman–Crippen LogP) is 3.02. The van der Waals surface area contributed by atoms with Gasteiger partial charge in [0.2, 0.25) is 11.8 Å². The minimum absolute atomic E-state index is 0.0143. The van der Waals surface area contributed by atoms with E-state index in [-0.39, 0.29) is 18.4 Å². The summed E-state index contributed by atoms with van der Waals surface area (Å²) in [6, 6.07) is 13.5. The third-order valence-electron chi connectivity index (χ3n) is 4.38. The molecule has 2 rings (SSSR count). The Morgan fingerprint density at radius 1 is 1.04 bits per heavy atom. The van der Waals surface area contributed by atoms with Crippen molar-refractivity contribution in [3.8, 4) is 5.75 Å². The highest BCUT2D eigenvalue weighted by atomic mass is 16.5. The molecule has 5 nitrogen and oxygen atoms in total. The van der Waals surface area contributed by atoms with Crippen LogP contribution in [0.15, 0.2) is 42.5 Å². The standard InChI is InChI=1S/C21H26N2O3/c1-15-5-8-19(13-16(15)2)23(17(3)24)14-21(25)22-12-11-18-6-9-20(26-4)10-7-18/h5-10,13H,11-12,14H2,1-4H3,(H,22,25). The minimum atomic E-state index is -0.174. The molecule has 2 aromatic rings. The van der Waals surface area contributed by atoms with Crippen LogP contribution in [-0.4, -0.2) is 32.0 Å². The molecule has 1 N–H and O–H groups in total. The van der Waals surface area contributed by atoms with Gasteiger partial charge in [0.15, 0.2) is 0 Å². The van der Waals surface area contributed by atoms with Crippen LogP contribution in [0.5, 0.6) is 5.75 Å². The van der Waals surface area contributed by atoms with Gasteiger partial charge in [-0.15, -0.1) is 0 Å². The molecule has 2 aromatic carbocycles. The second-order valence-electron chi connectivity index (χ2n) is 6.32. The number of hydrogen-bond acceptors (Lipinski definition) is 3. The van der Waals surface area contributed by atoms with E-state index in [2.05, 4.69) is 5.32 Å². The molecule has 0 aliphatic carbocycles. The molecule has 0 atom stereocenters. The van der Waals surface area contributed by atoms with E-state index in [4.69, 9.17) is 4.74 Å². The topological polar surface area (TPSA) is 58.6 Å². The van der Waals surface area contributed by atoms with Crippen LogP contribution >= 0.6 is 0 Å². The Labute approximate surface area is 155 Å². The van der Waals surface area contributed by atoms with Crippen LogP contribution in [0, 0.1) is 13.8 Å². The highest BCUT2D eigenvalue weighted by molar-refractivity contribution is 5.97. The Bertz CT molecular complexity index is 769. The van der Waals surface area contributed by atoms with Crippen molar-refractivity contribution in [3.63, 3.8) is 0 Å². The van der Waals surface area contributed by atoms with E-state index >= 15 is 0 Å². The summed E-state index contributed by atoms with van der Waals surface area (Å²) < 4.78 is 5.13. The van der Waals surface area contributed by atoms with E-state index < -0.39 is 0 Å². The number of amides is 2. The summed E-state index contributed by atoms with van der Waals surface area (Å²) in [5.41, 5.74) is 4.10. The van der Waals surface area contributed by atoms with Crippen molar-refractivity contribution in [1.29, 1.82) is 0 Å². The Kier molecular flexibility index (Phi) is 6.78. The predicted molar refractivity (Wildman–Crippen MR) is 104 cm³/mol. The molecule has 0 unspecified atom stereocenters.